The van der Waals surface area contributed by atoms with Gasteiger partial charge in [0.1, 0.15) is 5.75 Å². The van der Waals surface area contributed by atoms with Gasteiger partial charge in [0.25, 0.3) is 5.91 Å². The van der Waals surface area contributed by atoms with Crippen molar-refractivity contribution in [1.82, 2.24) is 14.6 Å². The highest BCUT2D eigenvalue weighted by atomic mass is 32.2. The molecular weight excluding hydrogens is 452 g/mol. The van der Waals surface area contributed by atoms with Crippen LogP contribution in [0.5, 0.6) is 5.75 Å². The van der Waals surface area contributed by atoms with Crippen LogP contribution in [-0.2, 0) is 16.6 Å². The number of hydrogen-bond acceptors (Lipinski definition) is 5. The van der Waals surface area contributed by atoms with Crippen LogP contribution in [0.2, 0.25) is 0 Å². The van der Waals surface area contributed by atoms with Crippen molar-refractivity contribution in [3.63, 3.8) is 0 Å². The number of hydrogen-bond donors (Lipinski definition) is 3. The molecule has 1 aromatic heterocycles. The monoisotopic (exact) mass is 484 g/mol. The lowest BCUT2D eigenvalue weighted by molar-refractivity contribution is 0.100. The maximum absolute atomic E-state index is 12.3. The molecular formula is C25H32N4O4S. The Labute approximate surface area is 200 Å². The molecule has 0 unspecified atom stereocenters. The van der Waals surface area contributed by atoms with E-state index in [2.05, 4.69) is 22.4 Å². The maximum Gasteiger partial charge on any atom is 0.250 e. The number of piperidine rings is 1. The number of sulfonamides is 1. The van der Waals surface area contributed by atoms with Crippen LogP contribution >= 0.6 is 0 Å². The number of H-pyrrole nitrogens is 1. The van der Waals surface area contributed by atoms with Crippen molar-refractivity contribution in [3.8, 4) is 16.9 Å². The number of amides is 1. The molecule has 0 bridgehead atoms. The molecule has 8 nitrogen and oxygen atoms in total. The van der Waals surface area contributed by atoms with Crippen molar-refractivity contribution in [2.45, 2.75) is 32.2 Å². The number of methoxy groups -OCH3 is 1. The third kappa shape index (κ3) is 4.55. The lowest BCUT2D eigenvalue weighted by atomic mass is 9.88. The van der Waals surface area contributed by atoms with E-state index in [4.69, 9.17) is 10.5 Å². The number of carbonyl (C=O) groups is 1. The Morgan fingerprint density at radius 2 is 1.94 bits per heavy atom. The number of aromatic amines is 1. The highest BCUT2D eigenvalue weighted by Gasteiger charge is 2.29. The Hall–Kier alpha value is -2.88. The van der Waals surface area contributed by atoms with E-state index in [1.165, 1.54) is 0 Å². The molecule has 0 saturated carbocycles. The number of nitrogens with zero attached hydrogens (tertiary/aromatic N) is 1. The molecule has 2 aromatic carbocycles. The van der Waals surface area contributed by atoms with Crippen molar-refractivity contribution in [3.05, 3.63) is 53.2 Å². The Balaban J connectivity index is 1.75. The number of rotatable bonds is 8. The zero-order valence-electron chi connectivity index (χ0n) is 19.8. The molecule has 0 spiro atoms. The second kappa shape index (κ2) is 9.77. The fourth-order valence-electron chi connectivity index (χ4n) is 4.87. The number of nitrogens with one attached hydrogen (secondary N) is 2. The minimum Gasteiger partial charge on any atom is -0.496 e. The van der Waals surface area contributed by atoms with Gasteiger partial charge in [-0.2, -0.15) is 0 Å². The smallest absolute Gasteiger partial charge is 0.250 e. The number of ether oxygens (including phenoxy) is 1. The van der Waals surface area contributed by atoms with Gasteiger partial charge in [-0.25, -0.2) is 12.7 Å². The van der Waals surface area contributed by atoms with Crippen molar-refractivity contribution in [1.29, 1.82) is 0 Å². The van der Waals surface area contributed by atoms with Crippen molar-refractivity contribution >= 4 is 26.8 Å². The highest BCUT2D eigenvalue weighted by Crippen LogP contribution is 2.38. The van der Waals surface area contributed by atoms with Gasteiger partial charge in [0.15, 0.2) is 0 Å². The molecule has 34 heavy (non-hydrogen) atoms. The minimum absolute atomic E-state index is 0.119. The van der Waals surface area contributed by atoms with E-state index in [-0.39, 0.29) is 11.7 Å². The largest absolute Gasteiger partial charge is 0.496 e. The van der Waals surface area contributed by atoms with Crippen molar-refractivity contribution < 1.29 is 17.9 Å². The first-order valence-electron chi connectivity index (χ1n) is 11.5. The van der Waals surface area contributed by atoms with Gasteiger partial charge >= 0.3 is 0 Å². The minimum atomic E-state index is -3.18. The number of benzene rings is 2. The van der Waals surface area contributed by atoms with Gasteiger partial charge in [-0.1, -0.05) is 6.07 Å². The maximum atomic E-state index is 12.3. The molecule has 4 rings (SSSR count). The molecule has 1 aliphatic rings. The van der Waals surface area contributed by atoms with Crippen LogP contribution in [0, 0.1) is 0 Å². The number of primary amides is 1. The topological polar surface area (TPSA) is 118 Å². The van der Waals surface area contributed by atoms with Crippen LogP contribution in [0.1, 0.15) is 47.2 Å². The van der Waals surface area contributed by atoms with Crippen LogP contribution in [0.4, 0.5) is 0 Å². The van der Waals surface area contributed by atoms with Crippen molar-refractivity contribution in [2.24, 2.45) is 5.73 Å². The van der Waals surface area contributed by atoms with Gasteiger partial charge in [0, 0.05) is 36.8 Å². The summed E-state index contributed by atoms with van der Waals surface area (Å²) in [5, 5.41) is 4.11. The quantitative estimate of drug-likeness (QED) is 0.454. The van der Waals surface area contributed by atoms with Crippen LogP contribution < -0.4 is 15.8 Å². The zero-order chi connectivity index (χ0) is 24.5. The van der Waals surface area contributed by atoms with Crippen LogP contribution in [0.25, 0.3) is 22.0 Å². The summed E-state index contributed by atoms with van der Waals surface area (Å²) in [6.45, 7) is 3.33. The molecule has 9 heteroatoms. The number of carbonyl (C=O) groups excluding carboxylic acids is 1. The van der Waals surface area contributed by atoms with E-state index >= 15 is 0 Å². The third-order valence-electron chi connectivity index (χ3n) is 6.72. The van der Waals surface area contributed by atoms with E-state index < -0.39 is 15.9 Å². The first-order valence-corrected chi connectivity index (χ1v) is 13.1. The zero-order valence-corrected chi connectivity index (χ0v) is 20.7. The SMILES string of the molecule is CCS(=O)(=O)N1CCC(c2c[nH]c3c(C(N)=O)cc(-c4ccc(OC)c(CNC)c4)cc23)CC1. The fourth-order valence-corrected chi connectivity index (χ4v) is 6.00. The van der Waals surface area contributed by atoms with Gasteiger partial charge in [0.05, 0.1) is 23.9 Å². The van der Waals surface area contributed by atoms with E-state index in [9.17, 15) is 13.2 Å². The van der Waals surface area contributed by atoms with E-state index in [0.717, 1.165) is 51.7 Å². The molecule has 2 heterocycles. The molecule has 0 aliphatic carbocycles. The predicted octanol–water partition coefficient (Wildman–Crippen LogP) is 3.19. The molecule has 0 radical (unpaired) electrons. The van der Waals surface area contributed by atoms with Crippen LogP contribution in [-0.4, -0.2) is 56.6 Å². The lowest BCUT2D eigenvalue weighted by Crippen LogP contribution is -2.38. The first kappa shape index (κ1) is 24.3. The fraction of sp³-hybridized carbons (Fsp3) is 0.400. The Morgan fingerprint density at radius 1 is 1.21 bits per heavy atom. The molecule has 1 fully saturated rings. The first-order chi connectivity index (χ1) is 16.3. The number of nitrogens with two attached hydrogens (primary N) is 1. The third-order valence-corrected chi connectivity index (χ3v) is 8.60. The van der Waals surface area contributed by atoms with Gasteiger partial charge in [0.2, 0.25) is 10.0 Å². The molecule has 0 atom stereocenters. The highest BCUT2D eigenvalue weighted by molar-refractivity contribution is 7.89. The summed E-state index contributed by atoms with van der Waals surface area (Å²) < 4.78 is 31.6. The molecule has 182 valence electrons. The molecule has 1 amide bonds. The number of fused-ring (bicyclic) bond motifs is 1. The van der Waals surface area contributed by atoms with Gasteiger partial charge in [-0.15, -0.1) is 0 Å². The predicted molar refractivity (Wildman–Crippen MR) is 135 cm³/mol. The normalized spacial score (nSPS) is 15.6. The van der Waals surface area contributed by atoms with Crippen LogP contribution in [0.3, 0.4) is 0 Å². The molecule has 4 N–H and O–H groups in total. The Morgan fingerprint density at radius 3 is 2.56 bits per heavy atom. The summed E-state index contributed by atoms with van der Waals surface area (Å²) in [7, 11) is 0.346. The standard InChI is InChI=1S/C25H32N4O4S/c1-4-34(31,32)29-9-7-16(8-10-29)22-15-28-24-20(22)12-18(13-21(24)25(26)30)17-5-6-23(33-3)19(11-17)14-27-2/h5-6,11-13,15-16,27-28H,4,7-10,14H2,1-3H3,(H2,26,30). The number of aromatic nitrogens is 1. The van der Waals surface area contributed by atoms with Crippen LogP contribution in [0.15, 0.2) is 36.5 Å². The second-order valence-corrected chi connectivity index (χ2v) is 10.9. The summed E-state index contributed by atoms with van der Waals surface area (Å²) >= 11 is 0. The summed E-state index contributed by atoms with van der Waals surface area (Å²) in [4.78, 5) is 15.6. The summed E-state index contributed by atoms with van der Waals surface area (Å²) in [5.41, 5.74) is 10.9. The summed E-state index contributed by atoms with van der Waals surface area (Å²) in [5.74, 6) is 0.621. The van der Waals surface area contributed by atoms with E-state index in [1.807, 2.05) is 31.4 Å². The summed E-state index contributed by atoms with van der Waals surface area (Å²) in [6.07, 6.45) is 3.41. The molecule has 3 aromatic rings. The van der Waals surface area contributed by atoms with E-state index in [0.29, 0.717) is 25.2 Å². The summed E-state index contributed by atoms with van der Waals surface area (Å²) in [6, 6.07) is 9.88. The Bertz CT molecular complexity index is 1310. The lowest BCUT2D eigenvalue weighted by Gasteiger charge is -2.31. The van der Waals surface area contributed by atoms with Gasteiger partial charge in [-0.05, 0) is 73.7 Å². The van der Waals surface area contributed by atoms with Crippen molar-refractivity contribution in [2.75, 3.05) is 33.0 Å². The average molecular weight is 485 g/mol. The molecule has 1 saturated heterocycles. The Kier molecular flexibility index (Phi) is 6.97. The van der Waals surface area contributed by atoms with Gasteiger partial charge < -0.3 is 20.8 Å². The average Bonchev–Trinajstić information content (AvgIpc) is 3.27. The second-order valence-electron chi connectivity index (χ2n) is 8.69. The van der Waals surface area contributed by atoms with Gasteiger partial charge in [-0.3, -0.25) is 4.79 Å². The molecule has 1 aliphatic heterocycles. The van der Waals surface area contributed by atoms with E-state index in [1.54, 1.807) is 18.3 Å².